The number of rotatable bonds is 7. The van der Waals surface area contributed by atoms with Crippen LogP contribution >= 0.6 is 0 Å². The molecule has 176 valence electrons. The molecule has 0 bridgehead atoms. The standard InChI is InChI=1S/C15H15FN2O2.C6H11NO3.C2H6/c1-9-4-5-13(12(16)6-9)17-14-11(8-19)7-10(2)15(20)18(14)3;1-3-4-6(9)7(5-8)10-2;1-2/h4-8,17H,1-3H3;5H,3-4H2,1-2H3;1-2H3. The molecule has 1 aromatic heterocycles. The van der Waals surface area contributed by atoms with Gasteiger partial charge in [0.05, 0.1) is 18.4 Å². The van der Waals surface area contributed by atoms with Gasteiger partial charge in [-0.1, -0.05) is 26.8 Å². The molecular formula is C23H32FN3O5. The quantitative estimate of drug-likeness (QED) is 0.506. The largest absolute Gasteiger partial charge is 0.339 e. The van der Waals surface area contributed by atoms with Crippen LogP contribution in [0.25, 0.3) is 0 Å². The average Bonchev–Trinajstić information content (AvgIpc) is 2.78. The monoisotopic (exact) mass is 449 g/mol. The van der Waals surface area contributed by atoms with Crippen LogP contribution in [0.2, 0.25) is 0 Å². The van der Waals surface area contributed by atoms with E-state index in [9.17, 15) is 23.6 Å². The predicted octanol–water partition coefficient (Wildman–Crippen LogP) is 4.06. The summed E-state index contributed by atoms with van der Waals surface area (Å²) in [6.45, 7) is 9.27. The zero-order valence-corrected chi connectivity index (χ0v) is 19.7. The summed E-state index contributed by atoms with van der Waals surface area (Å²) in [6, 6.07) is 6.20. The van der Waals surface area contributed by atoms with Gasteiger partial charge in [0.2, 0.25) is 6.41 Å². The number of hydrogen-bond acceptors (Lipinski definition) is 6. The van der Waals surface area contributed by atoms with Crippen LogP contribution in [0.3, 0.4) is 0 Å². The van der Waals surface area contributed by atoms with Crippen LogP contribution in [0, 0.1) is 19.7 Å². The summed E-state index contributed by atoms with van der Waals surface area (Å²) in [4.78, 5) is 48.3. The first-order chi connectivity index (χ1) is 15.2. The van der Waals surface area contributed by atoms with E-state index in [4.69, 9.17) is 0 Å². The average molecular weight is 450 g/mol. The minimum Gasteiger partial charge on any atom is -0.339 e. The maximum Gasteiger partial charge on any atom is 0.254 e. The molecule has 0 unspecified atom stereocenters. The molecular weight excluding hydrogens is 417 g/mol. The summed E-state index contributed by atoms with van der Waals surface area (Å²) in [5.74, 6) is -0.465. The van der Waals surface area contributed by atoms with Crippen molar-refractivity contribution in [1.82, 2.24) is 9.63 Å². The first-order valence-electron chi connectivity index (χ1n) is 10.2. The molecule has 2 rings (SSSR count). The number of aromatic nitrogens is 1. The molecule has 2 aromatic rings. The molecule has 8 nitrogen and oxygen atoms in total. The Bertz CT molecular complexity index is 973. The number of halogens is 1. The molecule has 0 saturated heterocycles. The van der Waals surface area contributed by atoms with E-state index in [-0.39, 0.29) is 23.0 Å². The van der Waals surface area contributed by atoms with Gasteiger partial charge in [-0.25, -0.2) is 4.39 Å². The maximum absolute atomic E-state index is 13.8. The molecule has 1 aromatic carbocycles. The fourth-order valence-electron chi connectivity index (χ4n) is 2.55. The Morgan fingerprint density at radius 2 is 1.84 bits per heavy atom. The van der Waals surface area contributed by atoms with Crippen molar-refractivity contribution in [1.29, 1.82) is 0 Å². The van der Waals surface area contributed by atoms with Gasteiger partial charge in [-0.3, -0.25) is 28.6 Å². The second-order valence-electron chi connectivity index (χ2n) is 6.48. The van der Waals surface area contributed by atoms with Crippen LogP contribution in [-0.4, -0.2) is 35.3 Å². The summed E-state index contributed by atoms with van der Waals surface area (Å²) >= 11 is 0. The number of carbonyl (C=O) groups is 3. The van der Waals surface area contributed by atoms with Crippen LogP contribution in [-0.2, 0) is 21.5 Å². The number of nitrogens with zero attached hydrogens (tertiary/aromatic N) is 2. The summed E-state index contributed by atoms with van der Waals surface area (Å²) in [5.41, 5.74) is 1.55. The third kappa shape index (κ3) is 8.07. The lowest BCUT2D eigenvalue weighted by Crippen LogP contribution is -2.27. The molecule has 0 radical (unpaired) electrons. The van der Waals surface area contributed by atoms with Crippen LogP contribution in [0.4, 0.5) is 15.9 Å². The van der Waals surface area contributed by atoms with Crippen molar-refractivity contribution in [2.75, 3.05) is 12.4 Å². The Morgan fingerprint density at radius 1 is 1.22 bits per heavy atom. The number of aldehydes is 1. The number of carbonyl (C=O) groups excluding carboxylic acids is 3. The zero-order chi connectivity index (χ0) is 24.8. The van der Waals surface area contributed by atoms with E-state index in [0.717, 1.165) is 5.56 Å². The highest BCUT2D eigenvalue weighted by atomic mass is 19.1. The van der Waals surface area contributed by atoms with Crippen molar-refractivity contribution in [2.24, 2.45) is 7.05 Å². The highest BCUT2D eigenvalue weighted by Crippen LogP contribution is 2.22. The second kappa shape index (κ2) is 14.6. The summed E-state index contributed by atoms with van der Waals surface area (Å²) in [6.07, 6.45) is 2.05. The van der Waals surface area contributed by atoms with Crippen molar-refractivity contribution < 1.29 is 23.6 Å². The summed E-state index contributed by atoms with van der Waals surface area (Å²) in [5, 5.41) is 3.50. The number of hydrogen-bond donors (Lipinski definition) is 1. The fourth-order valence-corrected chi connectivity index (χ4v) is 2.55. The van der Waals surface area contributed by atoms with Crippen LogP contribution in [0.15, 0.2) is 29.1 Å². The molecule has 1 heterocycles. The van der Waals surface area contributed by atoms with E-state index >= 15 is 0 Å². The Hall–Kier alpha value is -3.33. The van der Waals surface area contributed by atoms with E-state index in [2.05, 4.69) is 10.2 Å². The van der Waals surface area contributed by atoms with Crippen LogP contribution < -0.4 is 10.9 Å². The molecule has 0 aliphatic rings. The number of benzene rings is 1. The Balaban J connectivity index is 0.000000680. The van der Waals surface area contributed by atoms with Crippen molar-refractivity contribution in [2.45, 2.75) is 47.5 Å². The van der Waals surface area contributed by atoms with Crippen LogP contribution in [0.5, 0.6) is 0 Å². The molecule has 0 saturated carbocycles. The maximum atomic E-state index is 13.8. The van der Waals surface area contributed by atoms with Gasteiger partial charge >= 0.3 is 0 Å². The van der Waals surface area contributed by atoms with Gasteiger partial charge < -0.3 is 5.32 Å². The lowest BCUT2D eigenvalue weighted by molar-refractivity contribution is -0.178. The SMILES string of the molecule is CC.CCCC(=O)N(C=O)OC.Cc1ccc(Nc2c(C=O)cc(C)c(=O)n2C)c(F)c1. The van der Waals surface area contributed by atoms with E-state index < -0.39 is 5.82 Å². The highest BCUT2D eigenvalue weighted by Gasteiger charge is 2.12. The molecule has 0 aliphatic heterocycles. The predicted molar refractivity (Wildman–Crippen MR) is 122 cm³/mol. The number of hydroxylamine groups is 2. The molecule has 0 atom stereocenters. The third-order valence-corrected chi connectivity index (χ3v) is 4.13. The van der Waals surface area contributed by atoms with Gasteiger partial charge in [-0.15, -0.1) is 0 Å². The number of anilines is 2. The molecule has 0 spiro atoms. The molecule has 9 heteroatoms. The molecule has 0 fully saturated rings. The van der Waals surface area contributed by atoms with Gasteiger partial charge in [0, 0.05) is 19.0 Å². The van der Waals surface area contributed by atoms with Gasteiger partial charge in [0.15, 0.2) is 6.29 Å². The minimum atomic E-state index is -0.435. The number of nitrogens with one attached hydrogen (secondary N) is 1. The van der Waals surface area contributed by atoms with Gasteiger partial charge in [-0.05, 0) is 44.0 Å². The molecule has 0 aliphatic carbocycles. The normalized spacial score (nSPS) is 9.50. The fraction of sp³-hybridized carbons (Fsp3) is 0.391. The lowest BCUT2D eigenvalue weighted by Gasteiger charge is -2.15. The zero-order valence-electron chi connectivity index (χ0n) is 19.7. The van der Waals surface area contributed by atoms with Crippen molar-refractivity contribution >= 4 is 30.1 Å². The van der Waals surface area contributed by atoms with E-state index in [0.29, 0.717) is 41.7 Å². The van der Waals surface area contributed by atoms with Crippen molar-refractivity contribution in [3.63, 3.8) is 0 Å². The van der Waals surface area contributed by atoms with Crippen LogP contribution in [0.1, 0.15) is 55.1 Å². The Labute approximate surface area is 187 Å². The first-order valence-corrected chi connectivity index (χ1v) is 10.2. The smallest absolute Gasteiger partial charge is 0.254 e. The lowest BCUT2D eigenvalue weighted by atomic mass is 10.2. The summed E-state index contributed by atoms with van der Waals surface area (Å²) in [7, 11) is 2.82. The molecule has 1 N–H and O–H groups in total. The van der Waals surface area contributed by atoms with Crippen molar-refractivity contribution in [3.05, 3.63) is 57.1 Å². The number of aryl methyl sites for hydroxylation is 2. The Morgan fingerprint density at radius 3 is 2.31 bits per heavy atom. The second-order valence-corrected chi connectivity index (χ2v) is 6.48. The third-order valence-electron chi connectivity index (χ3n) is 4.13. The van der Waals surface area contributed by atoms with E-state index in [1.54, 1.807) is 26.0 Å². The van der Waals surface area contributed by atoms with Gasteiger partial charge in [0.25, 0.3) is 11.5 Å². The number of pyridine rings is 1. The topological polar surface area (TPSA) is 97.7 Å². The van der Waals surface area contributed by atoms with Gasteiger partial charge in [-0.2, -0.15) is 5.06 Å². The van der Waals surface area contributed by atoms with Gasteiger partial charge in [0.1, 0.15) is 11.6 Å². The minimum absolute atomic E-state index is 0.220. The number of imide groups is 1. The first kappa shape index (κ1) is 28.7. The molecule has 32 heavy (non-hydrogen) atoms. The summed E-state index contributed by atoms with van der Waals surface area (Å²) < 4.78 is 15.1. The molecule has 2 amide bonds. The number of amides is 2. The Kier molecular flexibility index (Phi) is 13.1. The van der Waals surface area contributed by atoms with E-state index in [1.165, 1.54) is 30.9 Å². The van der Waals surface area contributed by atoms with Crippen molar-refractivity contribution in [3.8, 4) is 0 Å². The van der Waals surface area contributed by atoms with E-state index in [1.807, 2.05) is 20.8 Å². The highest BCUT2D eigenvalue weighted by molar-refractivity contribution is 5.85.